The highest BCUT2D eigenvalue weighted by Crippen LogP contribution is 2.22. The number of aromatic nitrogens is 1. The van der Waals surface area contributed by atoms with Gasteiger partial charge in [-0.25, -0.2) is 4.98 Å². The van der Waals surface area contributed by atoms with Crippen molar-refractivity contribution in [1.82, 2.24) is 4.98 Å². The Morgan fingerprint density at radius 1 is 1.26 bits per heavy atom. The summed E-state index contributed by atoms with van der Waals surface area (Å²) in [6.07, 6.45) is 1.68. The van der Waals surface area contributed by atoms with E-state index in [0.29, 0.717) is 11.4 Å². The van der Waals surface area contributed by atoms with Crippen LogP contribution in [0.2, 0.25) is 0 Å². The zero-order chi connectivity index (χ0) is 14.0. The lowest BCUT2D eigenvalue weighted by atomic mass is 10.2. The molecule has 1 aromatic carbocycles. The highest BCUT2D eigenvalue weighted by Gasteiger charge is 2.11. The molecule has 0 radical (unpaired) electrons. The Kier molecular flexibility index (Phi) is 4.97. The van der Waals surface area contributed by atoms with Gasteiger partial charge in [-0.2, -0.15) is 0 Å². The second kappa shape index (κ2) is 6.32. The summed E-state index contributed by atoms with van der Waals surface area (Å²) in [6, 6.07) is 7.44. The van der Waals surface area contributed by atoms with Crippen LogP contribution in [0, 0.1) is 10.5 Å². The third-order valence-electron chi connectivity index (χ3n) is 2.46. The highest BCUT2D eigenvalue weighted by atomic mass is 127. The molecular formula is C13H9Br2IN2O. The fourth-order valence-corrected chi connectivity index (χ4v) is 2.60. The van der Waals surface area contributed by atoms with E-state index in [1.165, 1.54) is 0 Å². The molecule has 3 nitrogen and oxygen atoms in total. The minimum atomic E-state index is -0.181. The van der Waals surface area contributed by atoms with Crippen LogP contribution >= 0.6 is 54.5 Å². The molecule has 0 aliphatic carbocycles. The van der Waals surface area contributed by atoms with E-state index in [2.05, 4.69) is 64.8 Å². The van der Waals surface area contributed by atoms with Gasteiger partial charge in [0.05, 0.1) is 5.56 Å². The Balaban J connectivity index is 2.25. The maximum Gasteiger partial charge on any atom is 0.257 e. The molecule has 0 aliphatic heterocycles. The molecule has 0 saturated heterocycles. The molecule has 2 aromatic rings. The third-order valence-corrected chi connectivity index (χ3v) is 4.65. The van der Waals surface area contributed by atoms with Crippen molar-refractivity contribution in [3.8, 4) is 0 Å². The van der Waals surface area contributed by atoms with E-state index >= 15 is 0 Å². The van der Waals surface area contributed by atoms with Gasteiger partial charge >= 0.3 is 0 Å². The van der Waals surface area contributed by atoms with Gasteiger partial charge in [0.25, 0.3) is 5.91 Å². The van der Waals surface area contributed by atoms with Crippen LogP contribution in [0.5, 0.6) is 0 Å². The Labute approximate surface area is 141 Å². The Bertz CT molecular complexity index is 647. The molecule has 2 rings (SSSR count). The van der Waals surface area contributed by atoms with Crippen molar-refractivity contribution in [3.63, 3.8) is 0 Å². The van der Waals surface area contributed by atoms with Gasteiger partial charge < -0.3 is 5.32 Å². The zero-order valence-corrected chi connectivity index (χ0v) is 15.2. The lowest BCUT2D eigenvalue weighted by Gasteiger charge is -2.08. The van der Waals surface area contributed by atoms with Crippen molar-refractivity contribution >= 4 is 66.2 Å². The van der Waals surface area contributed by atoms with Gasteiger partial charge in [-0.3, -0.25) is 4.79 Å². The van der Waals surface area contributed by atoms with E-state index in [-0.39, 0.29) is 5.91 Å². The smallest absolute Gasteiger partial charge is 0.257 e. The fourth-order valence-electron chi connectivity index (χ4n) is 1.46. The minimum absolute atomic E-state index is 0.181. The quantitative estimate of drug-likeness (QED) is 0.610. The summed E-state index contributed by atoms with van der Waals surface area (Å²) in [4.78, 5) is 16.3. The van der Waals surface area contributed by atoms with Crippen LogP contribution in [0.25, 0.3) is 0 Å². The van der Waals surface area contributed by atoms with Crippen LogP contribution in [0.4, 0.5) is 5.82 Å². The molecule has 19 heavy (non-hydrogen) atoms. The van der Waals surface area contributed by atoms with Gasteiger partial charge in [0.15, 0.2) is 0 Å². The standard InChI is InChI=1S/C13H9Br2IN2O/c1-7-4-12(17-6-11(7)15)18-13(19)9-5-8(16)2-3-10(9)14/h2-6H,1H3,(H,17,18,19). The monoisotopic (exact) mass is 494 g/mol. The molecule has 98 valence electrons. The minimum Gasteiger partial charge on any atom is -0.307 e. The molecule has 0 unspecified atom stereocenters. The van der Waals surface area contributed by atoms with Crippen LogP contribution in [0.3, 0.4) is 0 Å². The number of anilines is 1. The first-order chi connectivity index (χ1) is 8.97. The van der Waals surface area contributed by atoms with Crippen molar-refractivity contribution in [3.05, 3.63) is 54.1 Å². The van der Waals surface area contributed by atoms with Crippen molar-refractivity contribution in [2.75, 3.05) is 5.32 Å². The van der Waals surface area contributed by atoms with Crippen molar-refractivity contribution in [1.29, 1.82) is 0 Å². The second-order valence-corrected chi connectivity index (χ2v) is 6.85. The van der Waals surface area contributed by atoms with Crippen LogP contribution in [0.15, 0.2) is 39.4 Å². The normalized spacial score (nSPS) is 10.3. The maximum atomic E-state index is 12.2. The number of carbonyl (C=O) groups is 1. The van der Waals surface area contributed by atoms with Gasteiger partial charge in [0.1, 0.15) is 5.82 Å². The fraction of sp³-hybridized carbons (Fsp3) is 0.0769. The maximum absolute atomic E-state index is 12.2. The molecule has 0 aliphatic rings. The van der Waals surface area contributed by atoms with Crippen molar-refractivity contribution in [2.45, 2.75) is 6.92 Å². The Morgan fingerprint density at radius 2 is 2.00 bits per heavy atom. The third kappa shape index (κ3) is 3.76. The highest BCUT2D eigenvalue weighted by molar-refractivity contribution is 14.1. The molecular weight excluding hydrogens is 487 g/mol. The molecule has 0 atom stereocenters. The number of hydrogen-bond donors (Lipinski definition) is 1. The SMILES string of the molecule is Cc1cc(NC(=O)c2cc(I)ccc2Br)ncc1Br. The largest absolute Gasteiger partial charge is 0.307 e. The topological polar surface area (TPSA) is 42.0 Å². The summed E-state index contributed by atoms with van der Waals surface area (Å²) in [7, 11) is 0. The summed E-state index contributed by atoms with van der Waals surface area (Å²) >= 11 is 8.93. The number of benzene rings is 1. The van der Waals surface area contributed by atoms with Crippen LogP contribution < -0.4 is 5.32 Å². The number of rotatable bonds is 2. The second-order valence-electron chi connectivity index (χ2n) is 3.90. The van der Waals surface area contributed by atoms with E-state index in [0.717, 1.165) is 18.1 Å². The van der Waals surface area contributed by atoms with E-state index < -0.39 is 0 Å². The number of aryl methyl sites for hydroxylation is 1. The van der Waals surface area contributed by atoms with E-state index in [9.17, 15) is 4.79 Å². The van der Waals surface area contributed by atoms with Gasteiger partial charge in [0, 0.05) is 18.7 Å². The van der Waals surface area contributed by atoms with E-state index in [4.69, 9.17) is 0 Å². The lowest BCUT2D eigenvalue weighted by Crippen LogP contribution is -2.14. The molecule has 1 amide bonds. The Morgan fingerprint density at radius 3 is 2.68 bits per heavy atom. The molecule has 0 fully saturated rings. The van der Waals surface area contributed by atoms with Gasteiger partial charge in [0.2, 0.25) is 0 Å². The summed E-state index contributed by atoms with van der Waals surface area (Å²) in [6.45, 7) is 1.95. The number of halogens is 3. The number of pyridine rings is 1. The molecule has 1 heterocycles. The number of amides is 1. The Hall–Kier alpha value is -0.470. The number of hydrogen-bond acceptors (Lipinski definition) is 2. The first kappa shape index (κ1) is 14.9. The summed E-state index contributed by atoms with van der Waals surface area (Å²) in [5, 5.41) is 2.79. The summed E-state index contributed by atoms with van der Waals surface area (Å²) in [5.74, 6) is 0.357. The summed E-state index contributed by atoms with van der Waals surface area (Å²) < 4.78 is 2.69. The van der Waals surface area contributed by atoms with Crippen molar-refractivity contribution in [2.24, 2.45) is 0 Å². The summed E-state index contributed by atoms with van der Waals surface area (Å²) in [5.41, 5.74) is 1.61. The first-order valence-corrected chi connectivity index (χ1v) is 8.02. The first-order valence-electron chi connectivity index (χ1n) is 5.36. The predicted molar refractivity (Wildman–Crippen MR) is 91.5 cm³/mol. The average molecular weight is 496 g/mol. The predicted octanol–water partition coefficient (Wildman–Crippen LogP) is 4.77. The van der Waals surface area contributed by atoms with Crippen LogP contribution in [-0.2, 0) is 0 Å². The van der Waals surface area contributed by atoms with Gasteiger partial charge in [-0.05, 0) is 91.2 Å². The number of nitrogens with zero attached hydrogens (tertiary/aromatic N) is 1. The molecule has 1 N–H and O–H groups in total. The molecule has 6 heteroatoms. The van der Waals surface area contributed by atoms with Gasteiger partial charge in [-0.1, -0.05) is 0 Å². The van der Waals surface area contributed by atoms with Crippen molar-refractivity contribution < 1.29 is 4.79 Å². The van der Waals surface area contributed by atoms with E-state index in [1.807, 2.05) is 31.2 Å². The molecule has 1 aromatic heterocycles. The number of carbonyl (C=O) groups excluding carboxylic acids is 1. The zero-order valence-electron chi connectivity index (χ0n) is 9.88. The molecule has 0 bridgehead atoms. The molecule has 0 spiro atoms. The van der Waals surface area contributed by atoms with E-state index in [1.54, 1.807) is 6.20 Å². The molecule has 0 saturated carbocycles. The van der Waals surface area contributed by atoms with Crippen LogP contribution in [0.1, 0.15) is 15.9 Å². The van der Waals surface area contributed by atoms with Crippen LogP contribution in [-0.4, -0.2) is 10.9 Å². The van der Waals surface area contributed by atoms with Gasteiger partial charge in [-0.15, -0.1) is 0 Å². The number of nitrogens with one attached hydrogen (secondary N) is 1. The average Bonchev–Trinajstić information content (AvgIpc) is 2.36. The lowest BCUT2D eigenvalue weighted by molar-refractivity contribution is 0.102.